The Hall–Kier alpha value is -6.20. The van der Waals surface area contributed by atoms with Crippen LogP contribution in [0.25, 0.3) is 82.5 Å². The molecule has 7 aromatic carbocycles. The van der Waals surface area contributed by atoms with Gasteiger partial charge in [0, 0.05) is 60.5 Å². The number of fused-ring (bicyclic) bond motifs is 16. The van der Waals surface area contributed by atoms with E-state index in [1.165, 1.54) is 77.6 Å². The first-order chi connectivity index (χ1) is 28.2. The molecule has 0 aliphatic carbocycles. The van der Waals surface area contributed by atoms with Crippen molar-refractivity contribution in [3.05, 3.63) is 138 Å². The molecule has 0 saturated heterocycles. The zero-order valence-corrected chi connectivity index (χ0v) is 35.3. The van der Waals surface area contributed by atoms with Crippen LogP contribution < -0.4 is 15.7 Å². The summed E-state index contributed by atoms with van der Waals surface area (Å²) in [4.78, 5) is 2.64. The fourth-order valence-corrected chi connectivity index (χ4v) is 10.3. The largest absolute Gasteiger partial charge is 0.456 e. The van der Waals surface area contributed by atoms with Crippen LogP contribution in [0.15, 0.2) is 130 Å². The summed E-state index contributed by atoms with van der Waals surface area (Å²) in [5.74, 6) is 0. The van der Waals surface area contributed by atoms with Crippen molar-refractivity contribution in [2.75, 3.05) is 4.81 Å². The molecule has 0 bridgehead atoms. The summed E-state index contributed by atoms with van der Waals surface area (Å²) in [6.07, 6.45) is 0. The van der Waals surface area contributed by atoms with Gasteiger partial charge < -0.3 is 18.2 Å². The number of furan rings is 2. The van der Waals surface area contributed by atoms with Gasteiger partial charge in [0.25, 0.3) is 0 Å². The summed E-state index contributed by atoms with van der Waals surface area (Å²) in [7, 11) is 0. The zero-order chi connectivity index (χ0) is 40.5. The molecule has 0 atom stereocenters. The number of hydrogen-bond donors (Lipinski definition) is 0. The third kappa shape index (κ3) is 4.67. The quantitative estimate of drug-likeness (QED) is 0.156. The molecule has 59 heavy (non-hydrogen) atoms. The average molecular weight is 767 g/mol. The Balaban J connectivity index is 1.33. The standard InChI is InChI=1S/C54H47BN2O2/c1-52(2,3)30-18-22-33(23-19-30)57-40-24-20-31(53(4,5)6)26-37(40)48-49-50-46(47-35-15-11-13-17-44(35)59-51(47)48)38-29-45-36(34-14-10-12-16-43(34)58-45)28-42(38)56(50)41-25-21-32(54(7,8)9)27-39(41)55(49)57/h10-29H,1-9H3. The van der Waals surface area contributed by atoms with Crippen LogP contribution in [-0.4, -0.2) is 11.4 Å². The maximum Gasteiger partial charge on any atom is 0.333 e. The van der Waals surface area contributed by atoms with Crippen LogP contribution in [0.1, 0.15) is 79.0 Å². The van der Waals surface area contributed by atoms with Crippen LogP contribution in [-0.2, 0) is 16.2 Å². The molecule has 3 aromatic heterocycles. The van der Waals surface area contributed by atoms with E-state index in [0.29, 0.717) is 0 Å². The Labute approximate surface area is 345 Å². The first-order valence-electron chi connectivity index (χ1n) is 21.1. The van der Waals surface area contributed by atoms with E-state index in [9.17, 15) is 0 Å². The van der Waals surface area contributed by atoms with E-state index in [2.05, 4.69) is 193 Å². The SMILES string of the molecule is CC(C)(C)c1ccc(N2B3c4cc(C(C)(C)C)ccc4-n4c5cc6c(cc5c5c7c(oc8ccccc87)c(c3c54)-c3cc(C(C)(C)C)ccc32)oc2ccccc26)cc1. The van der Waals surface area contributed by atoms with Gasteiger partial charge in [0.1, 0.15) is 22.3 Å². The molecule has 0 radical (unpaired) electrons. The smallest absolute Gasteiger partial charge is 0.333 e. The molecule has 5 heterocycles. The zero-order valence-electron chi connectivity index (χ0n) is 35.3. The van der Waals surface area contributed by atoms with Crippen molar-refractivity contribution in [2.45, 2.75) is 78.6 Å². The maximum absolute atomic E-state index is 7.22. The van der Waals surface area contributed by atoms with Crippen molar-refractivity contribution in [2.24, 2.45) is 0 Å². The highest BCUT2D eigenvalue weighted by molar-refractivity contribution is 6.94. The van der Waals surface area contributed by atoms with Crippen LogP contribution in [0.5, 0.6) is 0 Å². The monoisotopic (exact) mass is 766 g/mol. The number of rotatable bonds is 1. The lowest BCUT2D eigenvalue weighted by atomic mass is 9.43. The summed E-state index contributed by atoms with van der Waals surface area (Å²) >= 11 is 0. The molecule has 10 aromatic rings. The molecule has 288 valence electrons. The van der Waals surface area contributed by atoms with Gasteiger partial charge in [0.05, 0.1) is 11.0 Å². The Kier molecular flexibility index (Phi) is 6.66. The van der Waals surface area contributed by atoms with Crippen LogP contribution >= 0.6 is 0 Å². The molecule has 2 aliphatic rings. The number of nitrogens with zero attached hydrogens (tertiary/aromatic N) is 2. The van der Waals surface area contributed by atoms with Crippen molar-refractivity contribution in [1.29, 1.82) is 0 Å². The van der Waals surface area contributed by atoms with Crippen molar-refractivity contribution in [3.8, 4) is 16.8 Å². The maximum atomic E-state index is 7.22. The van der Waals surface area contributed by atoms with Crippen LogP contribution in [0, 0.1) is 0 Å². The van der Waals surface area contributed by atoms with E-state index in [0.717, 1.165) is 43.9 Å². The lowest BCUT2D eigenvalue weighted by molar-refractivity contribution is 0.590. The van der Waals surface area contributed by atoms with E-state index in [1.54, 1.807) is 0 Å². The molecule has 0 saturated carbocycles. The van der Waals surface area contributed by atoms with Gasteiger partial charge in [-0.05, 0) is 98.5 Å². The summed E-state index contributed by atoms with van der Waals surface area (Å²) in [5.41, 5.74) is 18.5. The fourth-order valence-electron chi connectivity index (χ4n) is 10.3. The first kappa shape index (κ1) is 34.8. The number of anilines is 2. The van der Waals surface area contributed by atoms with Crippen LogP contribution in [0.4, 0.5) is 11.4 Å². The van der Waals surface area contributed by atoms with Gasteiger partial charge >= 0.3 is 6.85 Å². The molecule has 0 unspecified atom stereocenters. The van der Waals surface area contributed by atoms with E-state index in [-0.39, 0.29) is 23.1 Å². The fraction of sp³-hybridized carbons (Fsp3) is 0.222. The van der Waals surface area contributed by atoms with Gasteiger partial charge in [-0.25, -0.2) is 0 Å². The molecule has 5 heteroatoms. The molecular weight excluding hydrogens is 719 g/mol. The highest BCUT2D eigenvalue weighted by Crippen LogP contribution is 2.52. The van der Waals surface area contributed by atoms with Gasteiger partial charge in [0.15, 0.2) is 0 Å². The second-order valence-electron chi connectivity index (χ2n) is 20.2. The third-order valence-electron chi connectivity index (χ3n) is 13.4. The summed E-state index contributed by atoms with van der Waals surface area (Å²) < 4.78 is 16.4. The van der Waals surface area contributed by atoms with Crippen molar-refractivity contribution in [3.63, 3.8) is 0 Å². The second-order valence-corrected chi connectivity index (χ2v) is 20.2. The predicted molar refractivity (Wildman–Crippen MR) is 250 cm³/mol. The van der Waals surface area contributed by atoms with E-state index < -0.39 is 0 Å². The van der Waals surface area contributed by atoms with Crippen LogP contribution in [0.3, 0.4) is 0 Å². The molecular formula is C54H47BN2O2. The number of aromatic nitrogens is 1. The lowest BCUT2D eigenvalue weighted by Gasteiger charge is -2.43. The van der Waals surface area contributed by atoms with E-state index in [4.69, 9.17) is 8.83 Å². The summed E-state index contributed by atoms with van der Waals surface area (Å²) in [6.45, 7) is 20.7. The van der Waals surface area contributed by atoms with Gasteiger partial charge in [-0.3, -0.25) is 0 Å². The molecule has 0 amide bonds. The minimum absolute atomic E-state index is 0.0378. The van der Waals surface area contributed by atoms with Gasteiger partial charge in [0.2, 0.25) is 0 Å². The van der Waals surface area contributed by atoms with Gasteiger partial charge in [-0.2, -0.15) is 0 Å². The highest BCUT2D eigenvalue weighted by Gasteiger charge is 2.46. The summed E-state index contributed by atoms with van der Waals surface area (Å²) in [5, 5.41) is 6.95. The lowest BCUT2D eigenvalue weighted by Crippen LogP contribution is -2.60. The molecule has 4 nitrogen and oxygen atoms in total. The van der Waals surface area contributed by atoms with Crippen LogP contribution in [0.2, 0.25) is 0 Å². The number of hydrogen-bond acceptors (Lipinski definition) is 3. The normalized spacial score (nSPS) is 14.1. The first-order valence-corrected chi connectivity index (χ1v) is 21.1. The molecule has 0 fully saturated rings. The number of benzene rings is 7. The average Bonchev–Trinajstić information content (AvgIpc) is 3.87. The Morgan fingerprint density at radius 2 is 1.10 bits per heavy atom. The highest BCUT2D eigenvalue weighted by atomic mass is 16.3. The predicted octanol–water partition coefficient (Wildman–Crippen LogP) is 13.7. The number of para-hydroxylation sites is 2. The molecule has 2 aliphatic heterocycles. The Morgan fingerprint density at radius 1 is 0.492 bits per heavy atom. The van der Waals surface area contributed by atoms with E-state index >= 15 is 0 Å². The van der Waals surface area contributed by atoms with Crippen molar-refractivity contribution >= 4 is 94.8 Å². The topological polar surface area (TPSA) is 34.5 Å². The second kappa shape index (κ2) is 11.3. The van der Waals surface area contributed by atoms with Crippen molar-refractivity contribution in [1.82, 2.24) is 4.57 Å². The van der Waals surface area contributed by atoms with Crippen molar-refractivity contribution < 1.29 is 8.83 Å². The van der Waals surface area contributed by atoms with E-state index in [1.807, 2.05) is 0 Å². The summed E-state index contributed by atoms with van der Waals surface area (Å²) in [6, 6.07) is 45.5. The van der Waals surface area contributed by atoms with Gasteiger partial charge in [-0.1, -0.05) is 129 Å². The Bertz CT molecular complexity index is 3450. The molecule has 12 rings (SSSR count). The minimum atomic E-state index is -0.128. The van der Waals surface area contributed by atoms with Gasteiger partial charge in [-0.15, -0.1) is 0 Å². The third-order valence-corrected chi connectivity index (χ3v) is 13.4. The molecule has 0 N–H and O–H groups in total. The Morgan fingerprint density at radius 3 is 1.80 bits per heavy atom. The molecule has 0 spiro atoms. The minimum Gasteiger partial charge on any atom is -0.456 e.